The molecule has 2 aromatic carbocycles. The largest absolute Gasteiger partial charge is 0.416 e. The molecule has 0 aliphatic rings. The molecule has 0 aliphatic heterocycles. The summed E-state index contributed by atoms with van der Waals surface area (Å²) in [5.74, 6) is -2.46. The van der Waals surface area contributed by atoms with Crippen molar-refractivity contribution in [3.05, 3.63) is 87.1 Å². The molecule has 1 aromatic heterocycles. The number of rotatable bonds is 4. The Balaban J connectivity index is 2.39. The molecule has 0 spiro atoms. The Hall–Kier alpha value is -3.30. The van der Waals surface area contributed by atoms with E-state index in [-0.39, 0.29) is 36.4 Å². The van der Waals surface area contributed by atoms with Crippen LogP contribution in [-0.2, 0) is 24.7 Å². The van der Waals surface area contributed by atoms with Crippen LogP contribution in [0.3, 0.4) is 0 Å². The van der Waals surface area contributed by atoms with Gasteiger partial charge in [0, 0.05) is 0 Å². The van der Waals surface area contributed by atoms with E-state index in [2.05, 4.69) is 9.97 Å². The van der Waals surface area contributed by atoms with Gasteiger partial charge in [-0.15, -0.1) is 0 Å². The summed E-state index contributed by atoms with van der Waals surface area (Å²) in [6.07, 6.45) is -21.3. The maximum atomic E-state index is 14.3. The molecule has 0 atom stereocenters. The minimum atomic E-state index is -5.42. The fourth-order valence-electron chi connectivity index (χ4n) is 3.23. The van der Waals surface area contributed by atoms with E-state index in [1.54, 1.807) is 0 Å². The molecule has 0 bridgehead atoms. The first kappa shape index (κ1) is 29.3. The standard InChI is InChI=1S/C21H9ClF13N3/c22-17-36-7-14(23)16(38-17)37-15(8-1-10(18(24,25)26)5-11(2-8)19(27,28)29)9-3-12(20(30,31)32)6-13(4-9)21(33,34)35/h1-7,15H,(H,36,37,38). The van der Waals surface area contributed by atoms with Crippen LogP contribution in [0, 0.1) is 5.82 Å². The van der Waals surface area contributed by atoms with Crippen LogP contribution in [0.4, 0.5) is 62.9 Å². The number of nitrogens with one attached hydrogen (secondary N) is 1. The Morgan fingerprint density at radius 1 is 0.605 bits per heavy atom. The lowest BCUT2D eigenvalue weighted by atomic mass is 9.92. The smallest absolute Gasteiger partial charge is 0.357 e. The van der Waals surface area contributed by atoms with Crippen LogP contribution in [0.25, 0.3) is 0 Å². The van der Waals surface area contributed by atoms with Crippen molar-refractivity contribution < 1.29 is 57.1 Å². The van der Waals surface area contributed by atoms with Crippen molar-refractivity contribution in [2.24, 2.45) is 0 Å². The average molecular weight is 586 g/mol. The van der Waals surface area contributed by atoms with Gasteiger partial charge in [-0.1, -0.05) is 0 Å². The maximum Gasteiger partial charge on any atom is 0.416 e. The number of halogens is 14. The Bertz CT molecular complexity index is 1190. The molecule has 17 heteroatoms. The van der Waals surface area contributed by atoms with Crippen LogP contribution >= 0.6 is 11.6 Å². The molecule has 0 amide bonds. The van der Waals surface area contributed by atoms with Gasteiger partial charge in [0.05, 0.1) is 34.5 Å². The van der Waals surface area contributed by atoms with Gasteiger partial charge in [0.2, 0.25) is 5.28 Å². The molecule has 3 aromatic rings. The molecule has 0 aliphatic carbocycles. The predicted octanol–water partition coefficient (Wildman–Crippen LogP) is 8.55. The minimum absolute atomic E-state index is 0.0567. The minimum Gasteiger partial charge on any atom is -0.357 e. The Morgan fingerprint density at radius 3 is 1.26 bits per heavy atom. The molecular weight excluding hydrogens is 577 g/mol. The SMILES string of the molecule is Fc1cnc(Cl)nc1NC(c1cc(C(F)(F)F)cc(C(F)(F)F)c1)c1cc(C(F)(F)F)cc(C(F)(F)F)c1. The van der Waals surface area contributed by atoms with Crippen LogP contribution < -0.4 is 5.32 Å². The van der Waals surface area contributed by atoms with E-state index in [1.807, 2.05) is 5.32 Å². The van der Waals surface area contributed by atoms with Crippen LogP contribution in [-0.4, -0.2) is 9.97 Å². The first-order chi connectivity index (χ1) is 17.2. The third-order valence-electron chi connectivity index (χ3n) is 4.88. The summed E-state index contributed by atoms with van der Waals surface area (Å²) in [6.45, 7) is 0. The zero-order valence-corrected chi connectivity index (χ0v) is 18.6. The van der Waals surface area contributed by atoms with E-state index >= 15 is 0 Å². The second-order valence-electron chi connectivity index (χ2n) is 7.59. The number of alkyl halides is 12. The second-order valence-corrected chi connectivity index (χ2v) is 7.93. The average Bonchev–Trinajstić information content (AvgIpc) is 2.76. The zero-order valence-electron chi connectivity index (χ0n) is 17.8. The topological polar surface area (TPSA) is 37.8 Å². The molecule has 1 heterocycles. The van der Waals surface area contributed by atoms with Gasteiger partial charge in [0.1, 0.15) is 0 Å². The van der Waals surface area contributed by atoms with E-state index in [4.69, 9.17) is 11.6 Å². The number of benzene rings is 2. The number of hydrogen-bond acceptors (Lipinski definition) is 3. The molecular formula is C21H9ClF13N3. The third-order valence-corrected chi connectivity index (χ3v) is 5.06. The highest BCUT2D eigenvalue weighted by Gasteiger charge is 2.40. The Kier molecular flexibility index (Phi) is 7.53. The van der Waals surface area contributed by atoms with E-state index in [0.717, 1.165) is 0 Å². The van der Waals surface area contributed by atoms with Gasteiger partial charge in [-0.25, -0.2) is 9.37 Å². The summed E-state index contributed by atoms with van der Waals surface area (Å²) in [7, 11) is 0. The lowest BCUT2D eigenvalue weighted by Crippen LogP contribution is -2.20. The molecule has 206 valence electrons. The van der Waals surface area contributed by atoms with Gasteiger partial charge >= 0.3 is 24.7 Å². The van der Waals surface area contributed by atoms with Crippen LogP contribution in [0.5, 0.6) is 0 Å². The van der Waals surface area contributed by atoms with Crippen molar-refractivity contribution >= 4 is 17.4 Å². The highest BCUT2D eigenvalue weighted by atomic mass is 35.5. The first-order valence-corrected chi connectivity index (χ1v) is 10.1. The molecule has 1 N–H and O–H groups in total. The normalized spacial score (nSPS) is 13.2. The van der Waals surface area contributed by atoms with Crippen LogP contribution in [0.1, 0.15) is 39.4 Å². The summed E-state index contributed by atoms with van der Waals surface area (Å²) in [4.78, 5) is 6.55. The summed E-state index contributed by atoms with van der Waals surface area (Å²) < 4.78 is 175. The van der Waals surface area contributed by atoms with Gasteiger partial charge in [-0.05, 0) is 59.1 Å². The van der Waals surface area contributed by atoms with Crippen molar-refractivity contribution in [2.75, 3.05) is 5.32 Å². The van der Waals surface area contributed by atoms with Gasteiger partial charge in [-0.3, -0.25) is 0 Å². The van der Waals surface area contributed by atoms with Crippen molar-refractivity contribution in [1.29, 1.82) is 0 Å². The van der Waals surface area contributed by atoms with Gasteiger partial charge in [-0.2, -0.15) is 57.7 Å². The number of hydrogen-bond donors (Lipinski definition) is 1. The number of anilines is 1. The molecule has 0 radical (unpaired) electrons. The molecule has 0 saturated carbocycles. The van der Waals surface area contributed by atoms with Gasteiger partial charge in [0.25, 0.3) is 0 Å². The van der Waals surface area contributed by atoms with Crippen LogP contribution in [0.15, 0.2) is 42.6 Å². The van der Waals surface area contributed by atoms with Gasteiger partial charge in [0.15, 0.2) is 11.6 Å². The maximum absolute atomic E-state index is 14.3. The highest BCUT2D eigenvalue weighted by molar-refractivity contribution is 6.28. The second kappa shape index (κ2) is 9.78. The quantitative estimate of drug-likeness (QED) is 0.246. The van der Waals surface area contributed by atoms with Gasteiger partial charge < -0.3 is 5.32 Å². The number of aromatic nitrogens is 2. The summed E-state index contributed by atoms with van der Waals surface area (Å²) in [5.41, 5.74) is -9.96. The van der Waals surface area contributed by atoms with E-state index in [1.165, 1.54) is 0 Å². The molecule has 3 nitrogen and oxygen atoms in total. The Morgan fingerprint density at radius 2 is 0.947 bits per heavy atom. The lowest BCUT2D eigenvalue weighted by molar-refractivity contribution is -0.144. The lowest BCUT2D eigenvalue weighted by Gasteiger charge is -2.25. The zero-order chi connectivity index (χ0) is 28.8. The predicted molar refractivity (Wildman–Crippen MR) is 105 cm³/mol. The van der Waals surface area contributed by atoms with Crippen molar-refractivity contribution in [2.45, 2.75) is 30.7 Å². The highest BCUT2D eigenvalue weighted by Crippen LogP contribution is 2.42. The van der Waals surface area contributed by atoms with Crippen molar-refractivity contribution in [3.8, 4) is 0 Å². The molecule has 38 heavy (non-hydrogen) atoms. The van der Waals surface area contributed by atoms with E-state index in [0.29, 0.717) is 6.20 Å². The molecule has 0 saturated heterocycles. The summed E-state index contributed by atoms with van der Waals surface area (Å²) in [6, 6.07) is -2.75. The fourth-order valence-corrected chi connectivity index (χ4v) is 3.37. The molecule has 0 fully saturated rings. The number of nitrogens with zero attached hydrogens (tertiary/aromatic N) is 2. The summed E-state index contributed by atoms with van der Waals surface area (Å²) >= 11 is 5.51. The molecule has 0 unspecified atom stereocenters. The third kappa shape index (κ3) is 6.76. The Labute approximate surface area is 208 Å². The van der Waals surface area contributed by atoms with Crippen molar-refractivity contribution in [1.82, 2.24) is 9.97 Å². The van der Waals surface area contributed by atoms with E-state index < -0.39 is 81.0 Å². The van der Waals surface area contributed by atoms with Crippen molar-refractivity contribution in [3.63, 3.8) is 0 Å². The van der Waals surface area contributed by atoms with Crippen LogP contribution in [0.2, 0.25) is 5.28 Å². The first-order valence-electron chi connectivity index (χ1n) is 9.69. The summed E-state index contributed by atoms with van der Waals surface area (Å²) in [5, 5.41) is 1.24. The molecule has 3 rings (SSSR count). The monoisotopic (exact) mass is 585 g/mol. The van der Waals surface area contributed by atoms with E-state index in [9.17, 15) is 57.1 Å². The fraction of sp³-hybridized carbons (Fsp3) is 0.238.